The molecule has 0 aliphatic heterocycles. The van der Waals surface area contributed by atoms with Gasteiger partial charge >= 0.3 is 6.18 Å². The maximum atomic E-state index is 13.0. The fourth-order valence-corrected chi connectivity index (χ4v) is 2.26. The molecule has 0 fully saturated rings. The van der Waals surface area contributed by atoms with Gasteiger partial charge in [0.1, 0.15) is 12.3 Å². The second-order valence-electron chi connectivity index (χ2n) is 5.14. The van der Waals surface area contributed by atoms with Crippen LogP contribution in [0.2, 0.25) is 5.02 Å². The summed E-state index contributed by atoms with van der Waals surface area (Å²) in [7, 11) is 0. The Hall–Kier alpha value is -2.55. The maximum Gasteiger partial charge on any atom is 0.417 e. The minimum atomic E-state index is -4.68. The van der Waals surface area contributed by atoms with E-state index in [0.717, 1.165) is 24.0 Å². The highest BCUT2D eigenvalue weighted by molar-refractivity contribution is 6.31. The van der Waals surface area contributed by atoms with Gasteiger partial charge in [0.25, 0.3) is 0 Å². The molecule has 0 unspecified atom stereocenters. The van der Waals surface area contributed by atoms with Gasteiger partial charge in [0, 0.05) is 18.7 Å². The number of amides is 2. The van der Waals surface area contributed by atoms with Crippen molar-refractivity contribution in [3.63, 3.8) is 0 Å². The van der Waals surface area contributed by atoms with Crippen molar-refractivity contribution < 1.29 is 27.3 Å². The number of anilines is 2. The van der Waals surface area contributed by atoms with Crippen molar-refractivity contribution in [3.8, 4) is 0 Å². The molecule has 1 aromatic heterocycles. The van der Waals surface area contributed by atoms with Crippen LogP contribution in [0.25, 0.3) is 0 Å². The van der Waals surface area contributed by atoms with E-state index in [1.165, 1.54) is 12.1 Å². The van der Waals surface area contributed by atoms with Crippen LogP contribution in [0.3, 0.4) is 0 Å². The second kappa shape index (κ2) is 7.14. The molecule has 2 aromatic rings. The van der Waals surface area contributed by atoms with E-state index < -0.39 is 35.1 Å². The van der Waals surface area contributed by atoms with Crippen LogP contribution in [0, 0.1) is 6.92 Å². The summed E-state index contributed by atoms with van der Waals surface area (Å²) in [6, 6.07) is 4.43. The van der Waals surface area contributed by atoms with Crippen LogP contribution in [-0.2, 0) is 15.8 Å². The SMILES string of the molecule is CC(=O)N(CC(=O)Nc1cc(C)on1)c1ccc(Cl)c(C(F)(F)F)c1. The van der Waals surface area contributed by atoms with Crippen LogP contribution in [-0.4, -0.2) is 23.5 Å². The first kappa shape index (κ1) is 18.8. The molecule has 10 heteroatoms. The number of aryl methyl sites for hydroxylation is 1. The van der Waals surface area contributed by atoms with Gasteiger partial charge in [0.15, 0.2) is 5.82 Å². The Balaban J connectivity index is 2.23. The third kappa shape index (κ3) is 4.72. The van der Waals surface area contributed by atoms with Crippen LogP contribution in [0.4, 0.5) is 24.7 Å². The first-order valence-electron chi connectivity index (χ1n) is 6.96. The quantitative estimate of drug-likeness (QED) is 0.885. The van der Waals surface area contributed by atoms with E-state index in [-0.39, 0.29) is 11.5 Å². The first-order chi connectivity index (χ1) is 11.6. The molecule has 1 N–H and O–H groups in total. The highest BCUT2D eigenvalue weighted by atomic mass is 35.5. The summed E-state index contributed by atoms with van der Waals surface area (Å²) >= 11 is 5.56. The van der Waals surface area contributed by atoms with Crippen molar-refractivity contribution in [3.05, 3.63) is 40.6 Å². The summed E-state index contributed by atoms with van der Waals surface area (Å²) in [4.78, 5) is 24.7. The predicted molar refractivity (Wildman–Crippen MR) is 84.4 cm³/mol. The molecule has 0 saturated carbocycles. The van der Waals surface area contributed by atoms with Gasteiger partial charge < -0.3 is 14.7 Å². The molecule has 2 amide bonds. The Morgan fingerprint density at radius 3 is 2.52 bits per heavy atom. The molecule has 1 heterocycles. The van der Waals surface area contributed by atoms with Gasteiger partial charge in [0.2, 0.25) is 11.8 Å². The van der Waals surface area contributed by atoms with Crippen molar-refractivity contribution in [2.45, 2.75) is 20.0 Å². The Labute approximate surface area is 145 Å². The van der Waals surface area contributed by atoms with E-state index in [9.17, 15) is 22.8 Å². The summed E-state index contributed by atoms with van der Waals surface area (Å²) in [5.41, 5.74) is -1.19. The number of alkyl halides is 3. The highest BCUT2D eigenvalue weighted by Crippen LogP contribution is 2.37. The van der Waals surface area contributed by atoms with Crippen molar-refractivity contribution in [2.75, 3.05) is 16.8 Å². The number of hydrogen-bond donors (Lipinski definition) is 1. The fourth-order valence-electron chi connectivity index (χ4n) is 2.03. The number of nitrogens with one attached hydrogen (secondary N) is 1. The largest absolute Gasteiger partial charge is 0.417 e. The van der Waals surface area contributed by atoms with E-state index in [2.05, 4.69) is 10.5 Å². The molecule has 0 bridgehead atoms. The summed E-state index contributed by atoms with van der Waals surface area (Å²) in [6.07, 6.45) is -4.68. The van der Waals surface area contributed by atoms with Gasteiger partial charge in [-0.25, -0.2) is 0 Å². The van der Waals surface area contributed by atoms with E-state index in [0.29, 0.717) is 5.76 Å². The lowest BCUT2D eigenvalue weighted by atomic mass is 10.1. The topological polar surface area (TPSA) is 75.4 Å². The summed E-state index contributed by atoms with van der Waals surface area (Å²) in [6.45, 7) is 2.26. The van der Waals surface area contributed by atoms with Crippen LogP contribution in [0.1, 0.15) is 18.2 Å². The van der Waals surface area contributed by atoms with Gasteiger partial charge in [-0.15, -0.1) is 0 Å². The monoisotopic (exact) mass is 375 g/mol. The zero-order valence-corrected chi connectivity index (χ0v) is 13.9. The molecule has 0 spiro atoms. The third-order valence-corrected chi connectivity index (χ3v) is 3.47. The molecular formula is C15H13ClF3N3O3. The summed E-state index contributed by atoms with van der Waals surface area (Å²) in [5.74, 6) is -0.654. The first-order valence-corrected chi connectivity index (χ1v) is 7.33. The molecule has 0 aliphatic rings. The Morgan fingerprint density at radius 1 is 1.32 bits per heavy atom. The van der Waals surface area contributed by atoms with Gasteiger partial charge in [-0.05, 0) is 25.1 Å². The maximum absolute atomic E-state index is 13.0. The van der Waals surface area contributed by atoms with Gasteiger partial charge in [-0.1, -0.05) is 16.8 Å². The number of hydrogen-bond acceptors (Lipinski definition) is 4. The smallest absolute Gasteiger partial charge is 0.360 e. The number of halogens is 4. The molecule has 6 nitrogen and oxygen atoms in total. The normalized spacial score (nSPS) is 11.3. The average Bonchev–Trinajstić information content (AvgIpc) is 2.89. The van der Waals surface area contributed by atoms with E-state index in [4.69, 9.17) is 16.1 Å². The molecule has 0 atom stereocenters. The molecular weight excluding hydrogens is 363 g/mol. The minimum Gasteiger partial charge on any atom is -0.360 e. The Morgan fingerprint density at radius 2 is 2.00 bits per heavy atom. The molecule has 25 heavy (non-hydrogen) atoms. The number of benzene rings is 1. The molecule has 2 rings (SSSR count). The second-order valence-corrected chi connectivity index (χ2v) is 5.55. The predicted octanol–water partition coefficient (Wildman–Crippen LogP) is 3.65. The van der Waals surface area contributed by atoms with Crippen LogP contribution >= 0.6 is 11.6 Å². The third-order valence-electron chi connectivity index (χ3n) is 3.14. The molecule has 134 valence electrons. The molecule has 0 radical (unpaired) electrons. The number of nitrogens with zero attached hydrogens (tertiary/aromatic N) is 2. The van der Waals surface area contributed by atoms with Crippen molar-refractivity contribution in [2.24, 2.45) is 0 Å². The standard InChI is InChI=1S/C15H13ClF3N3O3/c1-8-5-13(21-25-8)20-14(24)7-22(9(2)23)10-3-4-12(16)11(6-10)15(17,18)19/h3-6H,7H2,1-2H3,(H,20,21,24). The molecule has 1 aromatic carbocycles. The fraction of sp³-hybridized carbons (Fsp3) is 0.267. The Bertz CT molecular complexity index is 805. The number of carbonyl (C=O) groups excluding carboxylic acids is 2. The lowest BCUT2D eigenvalue weighted by Crippen LogP contribution is -2.36. The van der Waals surface area contributed by atoms with Gasteiger partial charge in [-0.2, -0.15) is 13.2 Å². The average molecular weight is 376 g/mol. The van der Waals surface area contributed by atoms with E-state index in [1.807, 2.05) is 0 Å². The van der Waals surface area contributed by atoms with Crippen molar-refractivity contribution >= 4 is 34.9 Å². The highest BCUT2D eigenvalue weighted by Gasteiger charge is 2.34. The Kier molecular flexibility index (Phi) is 5.36. The zero-order valence-electron chi connectivity index (χ0n) is 13.1. The van der Waals surface area contributed by atoms with Gasteiger partial charge in [0.05, 0.1) is 10.6 Å². The molecule has 0 saturated heterocycles. The lowest BCUT2D eigenvalue weighted by molar-refractivity contribution is -0.137. The summed E-state index contributed by atoms with van der Waals surface area (Å²) < 4.78 is 43.7. The minimum absolute atomic E-state index is 0.101. The van der Waals surface area contributed by atoms with Crippen LogP contribution in [0.5, 0.6) is 0 Å². The van der Waals surface area contributed by atoms with E-state index >= 15 is 0 Å². The van der Waals surface area contributed by atoms with Crippen molar-refractivity contribution in [1.29, 1.82) is 0 Å². The van der Waals surface area contributed by atoms with E-state index in [1.54, 1.807) is 6.92 Å². The summed E-state index contributed by atoms with van der Waals surface area (Å²) in [5, 5.41) is 5.45. The number of rotatable bonds is 4. The zero-order chi connectivity index (χ0) is 18.8. The van der Waals surface area contributed by atoms with Gasteiger partial charge in [-0.3, -0.25) is 9.59 Å². The number of carbonyl (C=O) groups is 2. The van der Waals surface area contributed by atoms with Crippen molar-refractivity contribution in [1.82, 2.24) is 5.16 Å². The lowest BCUT2D eigenvalue weighted by Gasteiger charge is -2.22. The number of aromatic nitrogens is 1. The van der Waals surface area contributed by atoms with Crippen LogP contribution < -0.4 is 10.2 Å². The van der Waals surface area contributed by atoms with Crippen LogP contribution in [0.15, 0.2) is 28.8 Å². The molecule has 0 aliphatic carbocycles.